The fourth-order valence-corrected chi connectivity index (χ4v) is 3.90. The summed E-state index contributed by atoms with van der Waals surface area (Å²) in [5, 5.41) is 4.63. The molecule has 2 N–H and O–H groups in total. The lowest BCUT2D eigenvalue weighted by molar-refractivity contribution is -0.136. The summed E-state index contributed by atoms with van der Waals surface area (Å²) in [4.78, 5) is 39.3. The number of imide groups is 1. The smallest absolute Gasteiger partial charge is 0.322 e. The number of likely N-dealkylation sites (tertiary alicyclic amines) is 1. The third kappa shape index (κ3) is 3.87. The van der Waals surface area contributed by atoms with Gasteiger partial charge in [-0.05, 0) is 26.7 Å². The minimum Gasteiger partial charge on any atom is -0.373 e. The molecule has 0 radical (unpaired) electrons. The predicted octanol–water partition coefficient (Wildman–Crippen LogP) is -0.315. The number of urea groups is 1. The van der Waals surface area contributed by atoms with Crippen LogP contribution in [0.1, 0.15) is 33.1 Å². The zero-order valence-corrected chi connectivity index (χ0v) is 14.3. The maximum atomic E-state index is 12.4. The van der Waals surface area contributed by atoms with Crippen LogP contribution in [0.4, 0.5) is 4.79 Å². The summed E-state index contributed by atoms with van der Waals surface area (Å²) in [6, 6.07) is -0.770. The molecule has 3 fully saturated rings. The highest BCUT2D eigenvalue weighted by molar-refractivity contribution is 6.05. The first kappa shape index (κ1) is 17.2. The number of rotatable bonds is 3. The molecule has 8 nitrogen and oxygen atoms in total. The first-order valence-corrected chi connectivity index (χ1v) is 8.71. The van der Waals surface area contributed by atoms with Crippen molar-refractivity contribution in [2.45, 2.75) is 57.4 Å². The van der Waals surface area contributed by atoms with Crippen LogP contribution in [0.15, 0.2) is 0 Å². The molecule has 0 unspecified atom stereocenters. The molecule has 0 aromatic rings. The summed E-state index contributed by atoms with van der Waals surface area (Å²) < 4.78 is 5.78. The molecule has 3 rings (SSSR count). The first-order valence-electron chi connectivity index (χ1n) is 8.71. The van der Waals surface area contributed by atoms with Gasteiger partial charge in [0, 0.05) is 32.2 Å². The van der Waals surface area contributed by atoms with Gasteiger partial charge in [0.25, 0.3) is 5.91 Å². The standard InChI is InChI=1S/C16H26N4O4/c1-10-8-20(9-11(2)24-10)12-3-5-19(6-4-12)14(21)7-13-15(22)18-16(23)17-13/h10-13H,3-9H2,1-2H3,(H2,17,18,22,23)/t10-,11+,13-/m0/s1. The maximum Gasteiger partial charge on any atom is 0.322 e. The highest BCUT2D eigenvalue weighted by Crippen LogP contribution is 2.22. The molecular formula is C16H26N4O4. The number of nitrogens with one attached hydrogen (secondary N) is 2. The van der Waals surface area contributed by atoms with Gasteiger partial charge in [-0.1, -0.05) is 0 Å². The third-order valence-electron chi connectivity index (χ3n) is 5.02. The quantitative estimate of drug-likeness (QED) is 0.689. The van der Waals surface area contributed by atoms with Crippen LogP contribution in [0.25, 0.3) is 0 Å². The number of piperidine rings is 1. The molecule has 4 amide bonds. The van der Waals surface area contributed by atoms with E-state index in [0.717, 1.165) is 25.9 Å². The van der Waals surface area contributed by atoms with Gasteiger partial charge in [-0.2, -0.15) is 0 Å². The Morgan fingerprint density at radius 1 is 1.17 bits per heavy atom. The van der Waals surface area contributed by atoms with E-state index in [1.54, 1.807) is 0 Å². The topological polar surface area (TPSA) is 91.0 Å². The van der Waals surface area contributed by atoms with E-state index in [-0.39, 0.29) is 24.5 Å². The molecule has 0 spiro atoms. The lowest BCUT2D eigenvalue weighted by atomic mass is 10.0. The van der Waals surface area contributed by atoms with Crippen molar-refractivity contribution in [3.05, 3.63) is 0 Å². The number of morpholine rings is 1. The first-order chi connectivity index (χ1) is 11.4. The van der Waals surface area contributed by atoms with E-state index in [0.29, 0.717) is 19.1 Å². The summed E-state index contributed by atoms with van der Waals surface area (Å²) in [6.07, 6.45) is 2.41. The van der Waals surface area contributed by atoms with Crippen LogP contribution in [0.3, 0.4) is 0 Å². The molecule has 0 aromatic heterocycles. The van der Waals surface area contributed by atoms with Gasteiger partial charge in [0.15, 0.2) is 0 Å². The monoisotopic (exact) mass is 338 g/mol. The Hall–Kier alpha value is -1.67. The molecule has 3 aliphatic heterocycles. The SMILES string of the molecule is C[C@@H]1CN(C2CCN(C(=O)C[C@@H]3NC(=O)NC3=O)CC2)C[C@H](C)O1. The van der Waals surface area contributed by atoms with Crippen LogP contribution in [0.2, 0.25) is 0 Å². The second-order valence-corrected chi connectivity index (χ2v) is 7.04. The predicted molar refractivity (Wildman–Crippen MR) is 86.3 cm³/mol. The molecule has 0 aromatic carbocycles. The molecule has 3 aliphatic rings. The van der Waals surface area contributed by atoms with Gasteiger partial charge in [-0.25, -0.2) is 4.79 Å². The number of nitrogens with zero attached hydrogens (tertiary/aromatic N) is 2. The number of hydrogen-bond acceptors (Lipinski definition) is 5. The Labute approximate surface area is 141 Å². The van der Waals surface area contributed by atoms with E-state index in [9.17, 15) is 14.4 Å². The third-order valence-corrected chi connectivity index (χ3v) is 5.02. The van der Waals surface area contributed by atoms with E-state index < -0.39 is 18.0 Å². The number of carbonyl (C=O) groups is 3. The Balaban J connectivity index is 1.47. The molecule has 0 aliphatic carbocycles. The van der Waals surface area contributed by atoms with Crippen molar-refractivity contribution in [1.29, 1.82) is 0 Å². The summed E-state index contributed by atoms with van der Waals surface area (Å²) >= 11 is 0. The molecule has 3 saturated heterocycles. The summed E-state index contributed by atoms with van der Waals surface area (Å²) in [7, 11) is 0. The van der Waals surface area contributed by atoms with Crippen LogP contribution < -0.4 is 10.6 Å². The number of amides is 4. The maximum absolute atomic E-state index is 12.4. The van der Waals surface area contributed by atoms with Crippen molar-refractivity contribution in [1.82, 2.24) is 20.4 Å². The molecule has 0 saturated carbocycles. The highest BCUT2D eigenvalue weighted by atomic mass is 16.5. The zero-order chi connectivity index (χ0) is 17.3. The molecule has 24 heavy (non-hydrogen) atoms. The average Bonchev–Trinajstić information content (AvgIpc) is 2.84. The van der Waals surface area contributed by atoms with Gasteiger partial charge in [0.1, 0.15) is 6.04 Å². The van der Waals surface area contributed by atoms with Crippen molar-refractivity contribution in [2.24, 2.45) is 0 Å². The Morgan fingerprint density at radius 3 is 2.33 bits per heavy atom. The Bertz CT molecular complexity index is 508. The lowest BCUT2D eigenvalue weighted by Crippen LogP contribution is -2.54. The fourth-order valence-electron chi connectivity index (χ4n) is 3.90. The minimum atomic E-state index is -0.733. The van der Waals surface area contributed by atoms with Crippen LogP contribution in [0, 0.1) is 0 Å². The minimum absolute atomic E-state index is 0.0356. The van der Waals surface area contributed by atoms with E-state index in [2.05, 4.69) is 29.4 Å². The van der Waals surface area contributed by atoms with Crippen LogP contribution in [0.5, 0.6) is 0 Å². The van der Waals surface area contributed by atoms with Crippen molar-refractivity contribution >= 4 is 17.8 Å². The molecule has 0 bridgehead atoms. The lowest BCUT2D eigenvalue weighted by Gasteiger charge is -2.43. The molecule has 134 valence electrons. The molecular weight excluding hydrogens is 312 g/mol. The van der Waals surface area contributed by atoms with Crippen molar-refractivity contribution in [2.75, 3.05) is 26.2 Å². The van der Waals surface area contributed by atoms with Gasteiger partial charge in [0.05, 0.1) is 18.6 Å². The van der Waals surface area contributed by atoms with Gasteiger partial charge >= 0.3 is 6.03 Å². The summed E-state index contributed by atoms with van der Waals surface area (Å²) in [5.74, 6) is -0.487. The van der Waals surface area contributed by atoms with E-state index >= 15 is 0 Å². The second-order valence-electron chi connectivity index (χ2n) is 7.04. The van der Waals surface area contributed by atoms with Gasteiger partial charge in [-0.3, -0.25) is 19.8 Å². The molecule has 8 heteroatoms. The average molecular weight is 338 g/mol. The Morgan fingerprint density at radius 2 is 1.79 bits per heavy atom. The zero-order valence-electron chi connectivity index (χ0n) is 14.3. The Kier molecular flexibility index (Phi) is 5.05. The number of carbonyl (C=O) groups excluding carboxylic acids is 3. The number of hydrogen-bond donors (Lipinski definition) is 2. The van der Waals surface area contributed by atoms with E-state index in [1.165, 1.54) is 0 Å². The highest BCUT2D eigenvalue weighted by Gasteiger charge is 2.35. The van der Waals surface area contributed by atoms with Crippen molar-refractivity contribution in [3.8, 4) is 0 Å². The van der Waals surface area contributed by atoms with Gasteiger partial charge in [-0.15, -0.1) is 0 Å². The van der Waals surface area contributed by atoms with Crippen molar-refractivity contribution in [3.63, 3.8) is 0 Å². The fraction of sp³-hybridized carbons (Fsp3) is 0.812. The van der Waals surface area contributed by atoms with Crippen LogP contribution >= 0.6 is 0 Å². The van der Waals surface area contributed by atoms with Crippen LogP contribution in [-0.2, 0) is 14.3 Å². The summed E-state index contributed by atoms with van der Waals surface area (Å²) in [5.41, 5.74) is 0. The van der Waals surface area contributed by atoms with Gasteiger partial charge < -0.3 is 15.0 Å². The van der Waals surface area contributed by atoms with E-state index in [1.807, 2.05) is 4.90 Å². The molecule has 3 heterocycles. The number of ether oxygens (including phenoxy) is 1. The van der Waals surface area contributed by atoms with Gasteiger partial charge in [0.2, 0.25) is 5.91 Å². The molecule has 3 atom stereocenters. The van der Waals surface area contributed by atoms with Crippen LogP contribution in [-0.4, -0.2) is 78.1 Å². The normalized spacial score (nSPS) is 32.6. The van der Waals surface area contributed by atoms with Crippen molar-refractivity contribution < 1.29 is 19.1 Å². The van der Waals surface area contributed by atoms with E-state index in [4.69, 9.17) is 4.74 Å². The second kappa shape index (κ2) is 7.06. The largest absolute Gasteiger partial charge is 0.373 e. The summed E-state index contributed by atoms with van der Waals surface area (Å²) in [6.45, 7) is 7.48.